The quantitative estimate of drug-likeness (QED) is 0.140. The lowest BCUT2D eigenvalue weighted by atomic mass is 9.85. The first-order chi connectivity index (χ1) is 35.7. The first kappa shape index (κ1) is 41.6. The van der Waals surface area contributed by atoms with Crippen molar-refractivity contribution in [1.82, 2.24) is 0 Å². The van der Waals surface area contributed by atoms with E-state index in [1.54, 1.807) is 0 Å². The molecule has 14 aromatic rings. The van der Waals surface area contributed by atoms with E-state index >= 15 is 0 Å². The molecule has 0 heterocycles. The first-order valence-electron chi connectivity index (χ1n) is 25.0. The molecule has 0 aliphatic carbocycles. The molecule has 0 bridgehead atoms. The first-order valence-corrected chi connectivity index (χ1v) is 25.0. The second-order valence-electron chi connectivity index (χ2n) is 19.1. The second-order valence-corrected chi connectivity index (χ2v) is 19.1. The van der Waals surface area contributed by atoms with Crippen LogP contribution in [0.25, 0.3) is 143 Å². The SMILES string of the molecule is c1ccc(-c2ccc(-c3cc4c5ccc(-c6ccc7c(c6)c(-c6ccccc6)cc6c8ccccc8c(-c8ccccc8)cc76)cc5c(-c5ccc(-c6ccccc6)cc5)cc4c4ccccc34)cc2)cc1. The van der Waals surface area contributed by atoms with Gasteiger partial charge in [-0.05, 0) is 179 Å². The van der Waals surface area contributed by atoms with Gasteiger partial charge in [0.15, 0.2) is 0 Å². The Labute approximate surface area is 419 Å². The summed E-state index contributed by atoms with van der Waals surface area (Å²) in [5.74, 6) is 0. The van der Waals surface area contributed by atoms with Crippen molar-refractivity contribution >= 4 is 64.6 Å². The standard InChI is InChI=1S/C72H46/c1-5-17-47(18-6-1)49-29-33-53(34-30-49)64-44-72-62-40-38-56(42-68(62)66(46-70(72)60-28-16-14-26-58(60)64)54-35-31-50(32-36-54)48-19-7-2-8-20-48)55-37-39-61-67(41-55)65(52-23-11-4-12-24-52)45-69-59-27-15-13-25-57(59)63(43-71(61)69)51-21-9-3-10-22-51/h1-46H. The molecule has 0 fully saturated rings. The third kappa shape index (κ3) is 7.07. The molecule has 0 saturated carbocycles. The summed E-state index contributed by atoms with van der Waals surface area (Å²) < 4.78 is 0. The van der Waals surface area contributed by atoms with Crippen LogP contribution in [0.4, 0.5) is 0 Å². The molecule has 0 heteroatoms. The van der Waals surface area contributed by atoms with Crippen LogP contribution in [0, 0.1) is 0 Å². The van der Waals surface area contributed by atoms with Gasteiger partial charge in [0.1, 0.15) is 0 Å². The van der Waals surface area contributed by atoms with Crippen molar-refractivity contribution in [2.45, 2.75) is 0 Å². The summed E-state index contributed by atoms with van der Waals surface area (Å²) in [7, 11) is 0. The fourth-order valence-electron chi connectivity index (χ4n) is 11.5. The fraction of sp³-hybridized carbons (Fsp3) is 0. The van der Waals surface area contributed by atoms with E-state index in [0.717, 1.165) is 0 Å². The number of rotatable bonds is 7. The molecule has 0 saturated heterocycles. The summed E-state index contributed by atoms with van der Waals surface area (Å²) >= 11 is 0. The van der Waals surface area contributed by atoms with Crippen molar-refractivity contribution < 1.29 is 0 Å². The van der Waals surface area contributed by atoms with E-state index in [0.29, 0.717) is 0 Å². The summed E-state index contributed by atoms with van der Waals surface area (Å²) in [5.41, 5.74) is 17.0. The molecule has 72 heavy (non-hydrogen) atoms. The van der Waals surface area contributed by atoms with Gasteiger partial charge in [-0.25, -0.2) is 0 Å². The molecule has 334 valence electrons. The summed E-state index contributed by atoms with van der Waals surface area (Å²) in [6.45, 7) is 0. The molecule has 0 spiro atoms. The fourth-order valence-corrected chi connectivity index (χ4v) is 11.5. The van der Waals surface area contributed by atoms with Crippen LogP contribution in [0.5, 0.6) is 0 Å². The van der Waals surface area contributed by atoms with E-state index in [1.807, 2.05) is 0 Å². The number of benzene rings is 14. The van der Waals surface area contributed by atoms with Gasteiger partial charge < -0.3 is 0 Å². The highest BCUT2D eigenvalue weighted by atomic mass is 14.2. The predicted octanol–water partition coefficient (Wildman–Crippen LogP) is 20.3. The summed E-state index contributed by atoms with van der Waals surface area (Å²) in [5, 5.41) is 15.0. The van der Waals surface area contributed by atoms with Crippen LogP contribution in [-0.4, -0.2) is 0 Å². The molecular formula is C72H46. The third-order valence-corrected chi connectivity index (χ3v) is 15.1. The molecule has 0 atom stereocenters. The highest BCUT2D eigenvalue weighted by Crippen LogP contribution is 2.46. The topological polar surface area (TPSA) is 0 Å². The summed E-state index contributed by atoms with van der Waals surface area (Å²) in [6, 6.07) is 103. The predicted molar refractivity (Wildman–Crippen MR) is 310 cm³/mol. The van der Waals surface area contributed by atoms with Crippen LogP contribution in [0.2, 0.25) is 0 Å². The molecule has 0 aromatic heterocycles. The Morgan fingerprint density at radius 1 is 0.111 bits per heavy atom. The van der Waals surface area contributed by atoms with Crippen molar-refractivity contribution in [1.29, 1.82) is 0 Å². The minimum Gasteiger partial charge on any atom is -0.0622 e. The van der Waals surface area contributed by atoms with Crippen molar-refractivity contribution in [3.63, 3.8) is 0 Å². The highest BCUT2D eigenvalue weighted by Gasteiger charge is 2.19. The molecule has 0 aliphatic heterocycles. The number of hydrogen-bond acceptors (Lipinski definition) is 0. The summed E-state index contributed by atoms with van der Waals surface area (Å²) in [4.78, 5) is 0. The molecule has 14 rings (SSSR count). The maximum atomic E-state index is 2.46. The van der Waals surface area contributed by atoms with Gasteiger partial charge in [-0.1, -0.05) is 243 Å². The van der Waals surface area contributed by atoms with Gasteiger partial charge in [0.25, 0.3) is 0 Å². The Morgan fingerprint density at radius 3 is 0.681 bits per heavy atom. The Morgan fingerprint density at radius 2 is 0.333 bits per heavy atom. The van der Waals surface area contributed by atoms with E-state index in [9.17, 15) is 0 Å². The molecule has 0 radical (unpaired) electrons. The van der Waals surface area contributed by atoms with Gasteiger partial charge in [0, 0.05) is 0 Å². The monoisotopic (exact) mass is 910 g/mol. The lowest BCUT2D eigenvalue weighted by molar-refractivity contribution is 1.60. The molecule has 0 nitrogen and oxygen atoms in total. The molecular weight excluding hydrogens is 865 g/mol. The van der Waals surface area contributed by atoms with E-state index in [4.69, 9.17) is 0 Å². The maximum Gasteiger partial charge on any atom is -0.00923 e. The Bertz CT molecular complexity index is 4360. The van der Waals surface area contributed by atoms with E-state index < -0.39 is 0 Å². The molecule has 14 aromatic carbocycles. The highest BCUT2D eigenvalue weighted by molar-refractivity contribution is 6.26. The van der Waals surface area contributed by atoms with Crippen LogP contribution in [0.3, 0.4) is 0 Å². The minimum absolute atomic E-state index is 1.19. The Hall–Kier alpha value is -9.36. The van der Waals surface area contributed by atoms with Crippen molar-refractivity contribution in [3.8, 4) is 77.9 Å². The number of hydrogen-bond donors (Lipinski definition) is 0. The lowest BCUT2D eigenvalue weighted by Crippen LogP contribution is -1.91. The maximum absolute atomic E-state index is 2.46. The average molecular weight is 911 g/mol. The smallest absolute Gasteiger partial charge is 0.00923 e. The Kier molecular flexibility index (Phi) is 9.96. The van der Waals surface area contributed by atoms with Gasteiger partial charge >= 0.3 is 0 Å². The normalized spacial score (nSPS) is 11.6. The molecule has 0 N–H and O–H groups in total. The van der Waals surface area contributed by atoms with Crippen LogP contribution >= 0.6 is 0 Å². The average Bonchev–Trinajstić information content (AvgIpc) is 3.47. The van der Waals surface area contributed by atoms with Crippen LogP contribution in [0.1, 0.15) is 0 Å². The van der Waals surface area contributed by atoms with Gasteiger partial charge in [-0.2, -0.15) is 0 Å². The zero-order valence-electron chi connectivity index (χ0n) is 39.6. The lowest BCUT2D eigenvalue weighted by Gasteiger charge is -2.18. The largest absolute Gasteiger partial charge is 0.0622 e. The molecule has 0 unspecified atom stereocenters. The molecule has 0 amide bonds. The molecule has 0 aliphatic rings. The summed E-state index contributed by atoms with van der Waals surface area (Å²) in [6.07, 6.45) is 0. The van der Waals surface area contributed by atoms with E-state index in [1.165, 1.54) is 143 Å². The Balaban J connectivity index is 1.000. The van der Waals surface area contributed by atoms with Gasteiger partial charge in [-0.15, -0.1) is 0 Å². The van der Waals surface area contributed by atoms with E-state index in [2.05, 4.69) is 279 Å². The van der Waals surface area contributed by atoms with E-state index in [-0.39, 0.29) is 0 Å². The van der Waals surface area contributed by atoms with Crippen LogP contribution in [-0.2, 0) is 0 Å². The van der Waals surface area contributed by atoms with Crippen molar-refractivity contribution in [2.24, 2.45) is 0 Å². The zero-order valence-corrected chi connectivity index (χ0v) is 39.6. The van der Waals surface area contributed by atoms with Crippen LogP contribution < -0.4 is 0 Å². The van der Waals surface area contributed by atoms with Gasteiger partial charge in [0.05, 0.1) is 0 Å². The minimum atomic E-state index is 1.19. The van der Waals surface area contributed by atoms with Crippen molar-refractivity contribution in [2.75, 3.05) is 0 Å². The zero-order chi connectivity index (χ0) is 47.5. The third-order valence-electron chi connectivity index (χ3n) is 15.1. The van der Waals surface area contributed by atoms with Crippen molar-refractivity contribution in [3.05, 3.63) is 279 Å². The van der Waals surface area contributed by atoms with Gasteiger partial charge in [0.2, 0.25) is 0 Å². The second kappa shape index (κ2) is 17.2. The van der Waals surface area contributed by atoms with Crippen LogP contribution in [0.15, 0.2) is 279 Å². The number of fused-ring (bicyclic) bond motifs is 10. The van der Waals surface area contributed by atoms with Gasteiger partial charge in [-0.3, -0.25) is 0 Å².